The van der Waals surface area contributed by atoms with Crippen LogP contribution in [0.5, 0.6) is 0 Å². The molecule has 13 heteroatoms. The molecule has 4 rings (SSSR count). The summed E-state index contributed by atoms with van der Waals surface area (Å²) in [5, 5.41) is 3.30. The van der Waals surface area contributed by atoms with Gasteiger partial charge in [0.1, 0.15) is 6.29 Å². The van der Waals surface area contributed by atoms with Crippen molar-refractivity contribution in [2.45, 2.75) is 4.90 Å². The van der Waals surface area contributed by atoms with Gasteiger partial charge in [-0.3, -0.25) is 13.7 Å². The highest BCUT2D eigenvalue weighted by Gasteiger charge is 2.32. The topological polar surface area (TPSA) is 129 Å². The Morgan fingerprint density at radius 3 is 2.36 bits per heavy atom. The molecule has 0 aliphatic carbocycles. The molecule has 1 heterocycles. The number of fused-ring (bicyclic) bond motifs is 1. The Balaban J connectivity index is 1.81. The van der Waals surface area contributed by atoms with E-state index in [1.54, 1.807) is 36.5 Å². The molecular formula is C23H20Cl2N3O6PS. The molecule has 1 amide bonds. The lowest BCUT2D eigenvalue weighted by atomic mass is 10.2. The van der Waals surface area contributed by atoms with Crippen LogP contribution < -0.4 is 9.62 Å². The van der Waals surface area contributed by atoms with Crippen LogP contribution in [0, 0.1) is 0 Å². The summed E-state index contributed by atoms with van der Waals surface area (Å²) in [6.07, 6.45) is 0.663. The van der Waals surface area contributed by atoms with Crippen molar-refractivity contribution < 1.29 is 27.6 Å². The van der Waals surface area contributed by atoms with Gasteiger partial charge in [0, 0.05) is 39.9 Å². The van der Waals surface area contributed by atoms with Gasteiger partial charge in [-0.2, -0.15) is 0 Å². The maximum atomic E-state index is 13.4. The van der Waals surface area contributed by atoms with E-state index in [9.17, 15) is 27.6 Å². The molecule has 0 spiro atoms. The number of aromatic nitrogens is 1. The number of anilines is 1. The maximum Gasteiger partial charge on any atom is 0.345 e. The molecule has 0 fully saturated rings. The number of amides is 1. The van der Waals surface area contributed by atoms with Gasteiger partial charge >= 0.3 is 7.60 Å². The van der Waals surface area contributed by atoms with Crippen molar-refractivity contribution >= 4 is 63.3 Å². The van der Waals surface area contributed by atoms with E-state index in [4.69, 9.17) is 23.2 Å². The van der Waals surface area contributed by atoms with E-state index in [0.717, 1.165) is 12.1 Å². The van der Waals surface area contributed by atoms with Crippen molar-refractivity contribution in [1.82, 2.24) is 9.88 Å². The lowest BCUT2D eigenvalue weighted by Crippen LogP contribution is -2.32. The molecule has 1 aromatic heterocycles. The number of carbonyl (C=O) groups is 1. The first kappa shape index (κ1) is 26.2. The van der Waals surface area contributed by atoms with Crippen LogP contribution >= 0.6 is 30.8 Å². The molecule has 4 aromatic rings. The highest BCUT2D eigenvalue weighted by molar-refractivity contribution is 7.93. The van der Waals surface area contributed by atoms with Gasteiger partial charge in [-0.25, -0.2) is 8.42 Å². The van der Waals surface area contributed by atoms with Gasteiger partial charge in [-0.1, -0.05) is 29.3 Å². The molecule has 3 N–H and O–H groups in total. The molecule has 36 heavy (non-hydrogen) atoms. The summed E-state index contributed by atoms with van der Waals surface area (Å²) >= 11 is 11.9. The molecule has 0 aliphatic heterocycles. The third-order valence-electron chi connectivity index (χ3n) is 5.31. The molecule has 188 valence electrons. The summed E-state index contributed by atoms with van der Waals surface area (Å²) < 4.78 is 41.2. The zero-order valence-electron chi connectivity index (χ0n) is 18.7. The Hall–Kier alpha value is -2.85. The fraction of sp³-hybridized carbons (Fsp3) is 0.0870. The Morgan fingerprint density at radius 1 is 1.03 bits per heavy atom. The number of sulfonamides is 1. The van der Waals surface area contributed by atoms with Gasteiger partial charge in [-0.05, 0) is 60.7 Å². The van der Waals surface area contributed by atoms with Crippen LogP contribution in [-0.4, -0.2) is 42.0 Å². The first-order chi connectivity index (χ1) is 16.9. The van der Waals surface area contributed by atoms with Crippen molar-refractivity contribution in [3.05, 3.63) is 88.5 Å². The summed E-state index contributed by atoms with van der Waals surface area (Å²) in [4.78, 5) is 31.0. The molecule has 0 aliphatic rings. The zero-order valence-corrected chi connectivity index (χ0v) is 21.9. The van der Waals surface area contributed by atoms with E-state index < -0.39 is 23.9 Å². The minimum absolute atomic E-state index is 0.0405. The molecule has 0 bridgehead atoms. The summed E-state index contributed by atoms with van der Waals surface area (Å²) in [5.74, 6) is -0.241. The van der Waals surface area contributed by atoms with Gasteiger partial charge < -0.3 is 19.7 Å². The summed E-state index contributed by atoms with van der Waals surface area (Å²) in [5.41, 5.74) is 1.89. The van der Waals surface area contributed by atoms with Crippen molar-refractivity contribution in [3.63, 3.8) is 0 Å². The lowest BCUT2D eigenvalue weighted by molar-refractivity contribution is 0.0963. The molecule has 0 saturated carbocycles. The Morgan fingerprint density at radius 2 is 1.72 bits per heavy atom. The number of nitrogens with zero attached hydrogens (tertiary/aromatic N) is 2. The second-order valence-electron chi connectivity index (χ2n) is 7.82. The maximum absolute atomic E-state index is 13.4. The molecule has 0 saturated heterocycles. The first-order valence-corrected chi connectivity index (χ1v) is 14.4. The predicted molar refractivity (Wildman–Crippen MR) is 140 cm³/mol. The number of nitrogens with one attached hydrogen (secondary N) is 1. The van der Waals surface area contributed by atoms with Gasteiger partial charge in [0.25, 0.3) is 15.9 Å². The Kier molecular flexibility index (Phi) is 7.21. The van der Waals surface area contributed by atoms with E-state index in [1.165, 1.54) is 25.2 Å². The standard InChI is InChI=1S/C23H20Cl2N3O6PS/c1-26-23(29)16-3-2-4-19(10-16)27-8-7-15-9-20(5-6-22(15)27)28(14-35(30,31)32)36(33,34)21-12-17(24)11-18(25)13-21/h2-13H,14H2,1H3,(H,26,29)(H2,30,31,32). The van der Waals surface area contributed by atoms with Gasteiger partial charge in [0.05, 0.1) is 16.1 Å². The van der Waals surface area contributed by atoms with Crippen molar-refractivity contribution in [1.29, 1.82) is 0 Å². The second-order valence-corrected chi connectivity index (χ2v) is 12.2. The van der Waals surface area contributed by atoms with Gasteiger partial charge in [0.15, 0.2) is 0 Å². The minimum atomic E-state index is -4.81. The molecule has 0 unspecified atom stereocenters. The smallest absolute Gasteiger partial charge is 0.345 e. The monoisotopic (exact) mass is 567 g/mol. The van der Waals surface area contributed by atoms with Crippen molar-refractivity contribution in [2.75, 3.05) is 17.6 Å². The molecule has 3 aromatic carbocycles. The van der Waals surface area contributed by atoms with Gasteiger partial charge in [-0.15, -0.1) is 0 Å². The fourth-order valence-corrected chi connectivity index (χ4v) is 7.13. The van der Waals surface area contributed by atoms with Crippen LogP contribution in [0.4, 0.5) is 5.69 Å². The number of hydrogen-bond donors (Lipinski definition) is 3. The van der Waals surface area contributed by atoms with E-state index in [1.807, 2.05) is 10.6 Å². The number of carbonyl (C=O) groups excluding carboxylic acids is 1. The lowest BCUT2D eigenvalue weighted by Gasteiger charge is -2.25. The second kappa shape index (κ2) is 9.89. The van der Waals surface area contributed by atoms with Crippen LogP contribution in [0.1, 0.15) is 10.4 Å². The van der Waals surface area contributed by atoms with E-state index >= 15 is 0 Å². The van der Waals surface area contributed by atoms with E-state index in [0.29, 0.717) is 26.5 Å². The predicted octanol–water partition coefficient (Wildman–Crippen LogP) is 4.63. The SMILES string of the molecule is CNC(=O)c1cccc(-n2ccc3cc(N(CP(=O)(O)O)S(=O)(=O)c4cc(Cl)cc(Cl)c4)ccc32)c1. The normalized spacial score (nSPS) is 12.0. The largest absolute Gasteiger partial charge is 0.355 e. The number of halogens is 2. The Labute approximate surface area is 217 Å². The molecule has 9 nitrogen and oxygen atoms in total. The molecular weight excluding hydrogens is 548 g/mol. The van der Waals surface area contributed by atoms with Crippen LogP contribution in [0.3, 0.4) is 0 Å². The average molecular weight is 568 g/mol. The fourth-order valence-electron chi connectivity index (χ4n) is 3.72. The highest BCUT2D eigenvalue weighted by atomic mass is 35.5. The van der Waals surface area contributed by atoms with E-state index in [-0.39, 0.29) is 26.5 Å². The zero-order chi connectivity index (χ0) is 26.3. The highest BCUT2D eigenvalue weighted by Crippen LogP contribution is 2.40. The van der Waals surface area contributed by atoms with Gasteiger partial charge in [0.2, 0.25) is 0 Å². The minimum Gasteiger partial charge on any atom is -0.355 e. The van der Waals surface area contributed by atoms with Crippen molar-refractivity contribution in [2.24, 2.45) is 0 Å². The third-order valence-corrected chi connectivity index (χ3v) is 8.34. The average Bonchev–Trinajstić information content (AvgIpc) is 3.24. The summed E-state index contributed by atoms with van der Waals surface area (Å²) in [6.45, 7) is 0. The number of benzene rings is 3. The van der Waals surface area contributed by atoms with E-state index in [2.05, 4.69) is 5.32 Å². The van der Waals surface area contributed by atoms with Crippen molar-refractivity contribution in [3.8, 4) is 5.69 Å². The number of hydrogen-bond acceptors (Lipinski definition) is 4. The molecule has 0 radical (unpaired) electrons. The first-order valence-electron chi connectivity index (χ1n) is 10.4. The van der Waals surface area contributed by atoms with Crippen LogP contribution in [0.15, 0.2) is 77.8 Å². The Bertz CT molecular complexity index is 1610. The third kappa shape index (κ3) is 5.44. The van der Waals surface area contributed by atoms with Crippen LogP contribution in [-0.2, 0) is 14.6 Å². The van der Waals surface area contributed by atoms with Crippen LogP contribution in [0.2, 0.25) is 10.0 Å². The quantitative estimate of drug-likeness (QED) is 0.279. The molecule has 0 atom stereocenters. The summed E-state index contributed by atoms with van der Waals surface area (Å²) in [7, 11) is -7.72. The summed E-state index contributed by atoms with van der Waals surface area (Å²) in [6, 6.07) is 16.9. The number of rotatable bonds is 7. The van der Waals surface area contributed by atoms with Crippen LogP contribution in [0.25, 0.3) is 16.6 Å².